The number of benzene rings is 1. The smallest absolute Gasteiger partial charge is 0.338 e. The molecule has 1 aromatic rings. The molecule has 0 bridgehead atoms. The third-order valence-electron chi connectivity index (χ3n) is 6.68. The maximum absolute atomic E-state index is 12.8. The van der Waals surface area contributed by atoms with E-state index < -0.39 is 11.9 Å². The van der Waals surface area contributed by atoms with Gasteiger partial charge in [-0.2, -0.15) is 0 Å². The zero-order valence-electron chi connectivity index (χ0n) is 20.1. The van der Waals surface area contributed by atoms with Crippen molar-refractivity contribution in [1.29, 1.82) is 0 Å². The Morgan fingerprint density at radius 2 is 1.06 bits per heavy atom. The average molecular weight is 507 g/mol. The van der Waals surface area contributed by atoms with E-state index in [4.69, 9.17) is 28.4 Å². The lowest BCUT2D eigenvalue weighted by atomic mass is 10.1. The van der Waals surface area contributed by atoms with E-state index >= 15 is 0 Å². The molecule has 5 rings (SSSR count). The van der Waals surface area contributed by atoms with Gasteiger partial charge in [-0.15, -0.1) is 0 Å². The van der Waals surface area contributed by atoms with Crippen LogP contribution in [0, 0.1) is 11.8 Å². The quantitative estimate of drug-likeness (QED) is 0.290. The van der Waals surface area contributed by atoms with Gasteiger partial charge >= 0.3 is 11.9 Å². The Morgan fingerprint density at radius 3 is 1.36 bits per heavy atom. The van der Waals surface area contributed by atoms with Crippen molar-refractivity contribution in [3.8, 4) is 0 Å². The Bertz CT molecular complexity index is 781. The second kappa shape index (κ2) is 12.4. The largest absolute Gasteiger partial charge is 0.461 e. The second-order valence-corrected chi connectivity index (χ2v) is 9.09. The highest BCUT2D eigenvalue weighted by Gasteiger charge is 2.37. The number of hydrogen-bond acceptors (Lipinski definition) is 12. The summed E-state index contributed by atoms with van der Waals surface area (Å²) >= 11 is 0. The molecule has 4 atom stereocenters. The Hall–Kier alpha value is -2.16. The van der Waals surface area contributed by atoms with Crippen LogP contribution in [-0.4, -0.2) is 103 Å². The molecule has 0 aliphatic carbocycles. The Kier molecular flexibility index (Phi) is 8.77. The molecule has 4 fully saturated rings. The summed E-state index contributed by atoms with van der Waals surface area (Å²) in [5, 5.41) is 13.1. The molecule has 4 aliphatic rings. The third-order valence-corrected chi connectivity index (χ3v) is 6.68. The highest BCUT2D eigenvalue weighted by atomic mass is 16.6. The number of rotatable bonds is 10. The van der Waals surface area contributed by atoms with E-state index in [1.165, 1.54) is 6.07 Å². The van der Waals surface area contributed by atoms with Gasteiger partial charge in [0.25, 0.3) is 0 Å². The summed E-state index contributed by atoms with van der Waals surface area (Å²) < 4.78 is 34.1. The van der Waals surface area contributed by atoms with Crippen molar-refractivity contribution in [1.82, 2.24) is 21.3 Å². The monoisotopic (exact) mass is 506 g/mol. The normalized spacial score (nSPS) is 29.8. The van der Waals surface area contributed by atoms with Crippen LogP contribution in [0.15, 0.2) is 24.3 Å². The van der Waals surface area contributed by atoms with Gasteiger partial charge in [0.1, 0.15) is 38.1 Å². The molecule has 0 radical (unpaired) electrons. The Balaban J connectivity index is 1.17. The van der Waals surface area contributed by atoms with Crippen LogP contribution in [0.2, 0.25) is 0 Å². The van der Waals surface area contributed by atoms with Gasteiger partial charge in [0.15, 0.2) is 0 Å². The molecule has 4 unspecified atom stereocenters. The number of carbonyl (C=O) groups excluding carboxylic acids is 2. The summed E-state index contributed by atoms with van der Waals surface area (Å²) in [6.45, 7) is 5.53. The molecule has 4 heterocycles. The van der Waals surface area contributed by atoms with E-state index in [1.807, 2.05) is 0 Å². The van der Waals surface area contributed by atoms with Crippen LogP contribution in [0.25, 0.3) is 0 Å². The number of ether oxygens (including phenoxy) is 6. The van der Waals surface area contributed by atoms with Crippen LogP contribution in [0.4, 0.5) is 0 Å². The summed E-state index contributed by atoms with van der Waals surface area (Å²) in [5.74, 6) is -1.48. The fourth-order valence-corrected chi connectivity index (χ4v) is 4.83. The number of esters is 2. The van der Waals surface area contributed by atoms with Crippen LogP contribution in [-0.2, 0) is 28.4 Å². The summed E-state index contributed by atoms with van der Waals surface area (Å²) in [6.07, 6.45) is -1.06. The van der Waals surface area contributed by atoms with Gasteiger partial charge in [-0.25, -0.2) is 9.59 Å². The molecular formula is C24H34N4O8. The zero-order valence-corrected chi connectivity index (χ0v) is 20.1. The van der Waals surface area contributed by atoms with Crippen molar-refractivity contribution in [2.24, 2.45) is 11.8 Å². The van der Waals surface area contributed by atoms with Crippen molar-refractivity contribution in [2.75, 3.05) is 65.8 Å². The first kappa shape index (κ1) is 25.5. The lowest BCUT2D eigenvalue weighted by Gasteiger charge is -2.27. The number of carbonyl (C=O) groups is 2. The van der Waals surface area contributed by atoms with Crippen LogP contribution in [0.5, 0.6) is 0 Å². The minimum atomic E-state index is -0.532. The number of hydrogen-bond donors (Lipinski definition) is 4. The molecule has 1 aromatic carbocycles. The van der Waals surface area contributed by atoms with Gasteiger partial charge in [0.2, 0.25) is 0 Å². The van der Waals surface area contributed by atoms with E-state index in [0.29, 0.717) is 26.4 Å². The molecule has 0 saturated carbocycles. The second-order valence-electron chi connectivity index (χ2n) is 9.09. The molecule has 4 saturated heterocycles. The standard InChI is InChI=1S/C24H34N4O8/c29-23(35-13-17(19-25-4-8-31-19)20-26-5-9-32-20)15-2-1-3-16(12-15)24(30)36-14-18(21-27-6-10-33-21)22-28-7-11-34-22/h1-3,12,17-22,25-28H,4-11,13-14H2. The molecule has 12 heteroatoms. The molecule has 0 spiro atoms. The fourth-order valence-electron chi connectivity index (χ4n) is 4.83. The fraction of sp³-hybridized carbons (Fsp3) is 0.667. The minimum Gasteiger partial charge on any atom is -0.461 e. The third kappa shape index (κ3) is 6.21. The Labute approximate surface area is 209 Å². The van der Waals surface area contributed by atoms with Gasteiger partial charge < -0.3 is 28.4 Å². The molecule has 0 aromatic heterocycles. The van der Waals surface area contributed by atoms with E-state index in [9.17, 15) is 9.59 Å². The van der Waals surface area contributed by atoms with E-state index in [-0.39, 0.29) is 61.1 Å². The van der Waals surface area contributed by atoms with Gasteiger partial charge in [0, 0.05) is 26.2 Å². The average Bonchev–Trinajstić information content (AvgIpc) is 3.73. The summed E-state index contributed by atoms with van der Waals surface area (Å²) in [5.41, 5.74) is 0.531. The lowest BCUT2D eigenvalue weighted by Crippen LogP contribution is -2.46. The minimum absolute atomic E-state index is 0.104. The predicted octanol–water partition coefficient (Wildman–Crippen LogP) is -0.984. The topological polar surface area (TPSA) is 138 Å². The van der Waals surface area contributed by atoms with E-state index in [1.54, 1.807) is 18.2 Å². The highest BCUT2D eigenvalue weighted by molar-refractivity contribution is 5.95. The van der Waals surface area contributed by atoms with Crippen LogP contribution in [0.1, 0.15) is 20.7 Å². The van der Waals surface area contributed by atoms with Gasteiger partial charge in [-0.3, -0.25) is 21.3 Å². The Morgan fingerprint density at radius 1 is 0.694 bits per heavy atom. The molecule has 4 N–H and O–H groups in total. The van der Waals surface area contributed by atoms with E-state index in [0.717, 1.165) is 26.2 Å². The van der Waals surface area contributed by atoms with Crippen LogP contribution < -0.4 is 21.3 Å². The number of nitrogens with one attached hydrogen (secondary N) is 4. The summed E-state index contributed by atoms with van der Waals surface area (Å²) in [7, 11) is 0. The maximum atomic E-state index is 12.8. The maximum Gasteiger partial charge on any atom is 0.338 e. The SMILES string of the molecule is O=C(OCC(C1NCCO1)C1NCCO1)c1cccc(C(=O)OCC(C2NCCO2)C2NCCO2)c1. The summed E-state index contributed by atoms with van der Waals surface area (Å²) in [4.78, 5) is 25.6. The zero-order chi connectivity index (χ0) is 24.7. The highest BCUT2D eigenvalue weighted by Crippen LogP contribution is 2.21. The van der Waals surface area contributed by atoms with Crippen LogP contribution in [0.3, 0.4) is 0 Å². The predicted molar refractivity (Wildman–Crippen MR) is 125 cm³/mol. The molecule has 36 heavy (non-hydrogen) atoms. The first-order valence-electron chi connectivity index (χ1n) is 12.5. The van der Waals surface area contributed by atoms with Crippen molar-refractivity contribution in [2.45, 2.75) is 24.9 Å². The molecular weight excluding hydrogens is 472 g/mol. The molecule has 0 amide bonds. The van der Waals surface area contributed by atoms with Crippen molar-refractivity contribution < 1.29 is 38.0 Å². The molecule has 4 aliphatic heterocycles. The van der Waals surface area contributed by atoms with Gasteiger partial charge in [0.05, 0.1) is 49.4 Å². The molecule has 12 nitrogen and oxygen atoms in total. The van der Waals surface area contributed by atoms with Crippen molar-refractivity contribution in [3.05, 3.63) is 35.4 Å². The summed E-state index contributed by atoms with van der Waals surface area (Å²) in [6, 6.07) is 6.34. The first-order chi connectivity index (χ1) is 17.7. The lowest BCUT2D eigenvalue weighted by molar-refractivity contribution is -0.0588. The molecule has 198 valence electrons. The van der Waals surface area contributed by atoms with E-state index in [2.05, 4.69) is 21.3 Å². The first-order valence-corrected chi connectivity index (χ1v) is 12.5. The van der Waals surface area contributed by atoms with Gasteiger partial charge in [-0.1, -0.05) is 6.07 Å². The van der Waals surface area contributed by atoms with Gasteiger partial charge in [-0.05, 0) is 18.2 Å². The van der Waals surface area contributed by atoms with Crippen LogP contribution >= 0.6 is 0 Å². The van der Waals surface area contributed by atoms with Crippen molar-refractivity contribution >= 4 is 11.9 Å². The van der Waals surface area contributed by atoms with Crippen molar-refractivity contribution in [3.63, 3.8) is 0 Å².